The van der Waals surface area contributed by atoms with Gasteiger partial charge < -0.3 is 10.2 Å². The van der Waals surface area contributed by atoms with Gasteiger partial charge in [-0.1, -0.05) is 31.2 Å². The molecule has 23 heavy (non-hydrogen) atoms. The Morgan fingerprint density at radius 2 is 2.13 bits per heavy atom. The van der Waals surface area contributed by atoms with Crippen LogP contribution in [0.1, 0.15) is 28.8 Å². The third-order valence-electron chi connectivity index (χ3n) is 3.81. The van der Waals surface area contributed by atoms with Crippen LogP contribution in [0.4, 0.5) is 0 Å². The predicted octanol–water partition coefficient (Wildman–Crippen LogP) is 3.26. The molecule has 124 valence electrons. The fourth-order valence-electron chi connectivity index (χ4n) is 2.43. The summed E-state index contributed by atoms with van der Waals surface area (Å²) in [5.74, 6) is 0.916. The number of aryl methyl sites for hydroxylation is 2. The van der Waals surface area contributed by atoms with Crippen LogP contribution >= 0.6 is 11.3 Å². The van der Waals surface area contributed by atoms with Crippen LogP contribution in [-0.2, 0) is 19.4 Å². The fourth-order valence-corrected chi connectivity index (χ4v) is 3.21. The van der Waals surface area contributed by atoms with E-state index in [1.807, 2.05) is 7.05 Å². The first-order chi connectivity index (χ1) is 11.1. The first kappa shape index (κ1) is 17.5. The molecule has 1 heterocycles. The lowest BCUT2D eigenvalue weighted by Gasteiger charge is -2.23. The molecule has 0 bridgehead atoms. The molecule has 0 radical (unpaired) electrons. The minimum atomic E-state index is 0.845. The van der Waals surface area contributed by atoms with Gasteiger partial charge in [-0.05, 0) is 24.5 Å². The average Bonchev–Trinajstić information content (AvgIpc) is 3.01. The molecular weight excluding hydrogens is 304 g/mol. The molecule has 2 rings (SSSR count). The molecule has 0 saturated carbocycles. The molecule has 4 nitrogen and oxygen atoms in total. The van der Waals surface area contributed by atoms with Gasteiger partial charge in [-0.2, -0.15) is 0 Å². The molecule has 1 aromatic heterocycles. The lowest BCUT2D eigenvalue weighted by molar-refractivity contribution is 0.476. The van der Waals surface area contributed by atoms with E-state index < -0.39 is 0 Å². The molecule has 0 aliphatic carbocycles. The van der Waals surface area contributed by atoms with Crippen LogP contribution in [0, 0.1) is 6.92 Å². The quantitative estimate of drug-likeness (QED) is 0.653. The van der Waals surface area contributed by atoms with E-state index in [1.54, 1.807) is 11.3 Å². The minimum absolute atomic E-state index is 0.845. The predicted molar refractivity (Wildman–Crippen MR) is 99.2 cm³/mol. The Hall–Kier alpha value is -1.88. The Morgan fingerprint density at radius 3 is 2.78 bits per heavy atom. The number of guanidine groups is 1. The van der Waals surface area contributed by atoms with E-state index >= 15 is 0 Å². The van der Waals surface area contributed by atoms with Crippen molar-refractivity contribution in [1.29, 1.82) is 0 Å². The first-order valence-corrected chi connectivity index (χ1v) is 8.91. The largest absolute Gasteiger partial charge is 0.356 e. The van der Waals surface area contributed by atoms with Crippen molar-refractivity contribution in [3.8, 4) is 0 Å². The van der Waals surface area contributed by atoms with Crippen LogP contribution in [0.5, 0.6) is 0 Å². The van der Waals surface area contributed by atoms with Gasteiger partial charge in [-0.3, -0.25) is 4.99 Å². The van der Waals surface area contributed by atoms with E-state index in [9.17, 15) is 0 Å². The lowest BCUT2D eigenvalue weighted by Crippen LogP contribution is -2.39. The summed E-state index contributed by atoms with van der Waals surface area (Å²) in [5.41, 5.74) is 3.80. The maximum Gasteiger partial charge on any atom is 0.193 e. The van der Waals surface area contributed by atoms with Gasteiger partial charge in [0, 0.05) is 39.0 Å². The second-order valence-corrected chi connectivity index (χ2v) is 6.54. The van der Waals surface area contributed by atoms with Gasteiger partial charge in [-0.25, -0.2) is 4.98 Å². The van der Waals surface area contributed by atoms with Gasteiger partial charge in [-0.15, -0.1) is 11.3 Å². The maximum atomic E-state index is 4.60. The molecule has 5 heteroatoms. The van der Waals surface area contributed by atoms with E-state index in [4.69, 9.17) is 0 Å². The first-order valence-electron chi connectivity index (χ1n) is 8.03. The highest BCUT2D eigenvalue weighted by atomic mass is 32.1. The Morgan fingerprint density at radius 1 is 1.35 bits per heavy atom. The van der Waals surface area contributed by atoms with E-state index in [0.29, 0.717) is 0 Å². The number of nitrogens with zero attached hydrogens (tertiary/aromatic N) is 3. The van der Waals surface area contributed by atoms with Crippen molar-refractivity contribution in [3.63, 3.8) is 0 Å². The summed E-state index contributed by atoms with van der Waals surface area (Å²) < 4.78 is 0. The molecule has 0 aliphatic heterocycles. The average molecular weight is 331 g/mol. The molecule has 0 atom stereocenters. The molecule has 0 saturated heterocycles. The highest BCUT2D eigenvalue weighted by molar-refractivity contribution is 7.09. The number of thiazole rings is 1. The molecule has 0 fully saturated rings. The third kappa shape index (κ3) is 5.06. The maximum absolute atomic E-state index is 4.60. The van der Waals surface area contributed by atoms with E-state index in [0.717, 1.165) is 37.6 Å². The highest BCUT2D eigenvalue weighted by Gasteiger charge is 2.08. The van der Waals surface area contributed by atoms with Crippen molar-refractivity contribution in [2.45, 2.75) is 33.2 Å². The van der Waals surface area contributed by atoms with Crippen LogP contribution < -0.4 is 5.32 Å². The van der Waals surface area contributed by atoms with Gasteiger partial charge in [0.05, 0.1) is 10.7 Å². The molecule has 0 aliphatic rings. The molecule has 0 amide bonds. The molecule has 0 spiro atoms. The summed E-state index contributed by atoms with van der Waals surface area (Å²) >= 11 is 1.74. The van der Waals surface area contributed by atoms with Crippen molar-refractivity contribution in [1.82, 2.24) is 15.2 Å². The second-order valence-electron chi connectivity index (χ2n) is 5.59. The van der Waals surface area contributed by atoms with E-state index in [1.165, 1.54) is 16.1 Å². The summed E-state index contributed by atoms with van der Waals surface area (Å²) in [6.07, 6.45) is 1.94. The summed E-state index contributed by atoms with van der Waals surface area (Å²) in [4.78, 5) is 11.1. The fraction of sp³-hybridized carbons (Fsp3) is 0.444. The lowest BCUT2D eigenvalue weighted by atomic mass is 10.1. The van der Waals surface area contributed by atoms with Crippen molar-refractivity contribution in [2.75, 3.05) is 20.6 Å². The van der Waals surface area contributed by atoms with Gasteiger partial charge in [0.15, 0.2) is 5.96 Å². The van der Waals surface area contributed by atoms with Crippen molar-refractivity contribution >= 4 is 17.3 Å². The summed E-state index contributed by atoms with van der Waals surface area (Å²) in [6.45, 7) is 5.98. The number of nitrogens with one attached hydrogen (secondary N) is 1. The Balaban J connectivity index is 1.86. The normalized spacial score (nSPS) is 11.6. The molecular formula is C18H26N4S. The zero-order valence-corrected chi connectivity index (χ0v) is 15.3. The van der Waals surface area contributed by atoms with Crippen LogP contribution in [0.25, 0.3) is 0 Å². The summed E-state index contributed by atoms with van der Waals surface area (Å²) in [6, 6.07) is 8.47. The number of benzene rings is 1. The van der Waals surface area contributed by atoms with Gasteiger partial charge in [0.2, 0.25) is 0 Å². The topological polar surface area (TPSA) is 40.5 Å². The zero-order valence-electron chi connectivity index (χ0n) is 14.5. The van der Waals surface area contributed by atoms with Crippen LogP contribution in [0.2, 0.25) is 0 Å². The summed E-state index contributed by atoms with van der Waals surface area (Å²) in [5, 5.41) is 6.79. The van der Waals surface area contributed by atoms with E-state index in [-0.39, 0.29) is 0 Å². The third-order valence-corrected chi connectivity index (χ3v) is 4.85. The standard InChI is InChI=1S/C18H26N4S/c1-5-17-21-16(13-23-17)10-11-20-18(19-3)22(4)12-15-9-7-6-8-14(15)2/h6-9,13H,5,10-12H2,1-4H3,(H,19,20). The number of rotatable bonds is 6. The number of hydrogen-bond donors (Lipinski definition) is 1. The van der Waals surface area contributed by atoms with Crippen LogP contribution in [-0.4, -0.2) is 36.5 Å². The SMILES string of the molecule is CCc1nc(CCNC(=NC)N(C)Cc2ccccc2C)cs1. The zero-order chi connectivity index (χ0) is 16.7. The van der Waals surface area contributed by atoms with Gasteiger partial charge in [0.1, 0.15) is 0 Å². The Kier molecular flexibility index (Phi) is 6.59. The van der Waals surface area contributed by atoms with Gasteiger partial charge >= 0.3 is 0 Å². The number of aromatic nitrogens is 1. The van der Waals surface area contributed by atoms with Gasteiger partial charge in [0.25, 0.3) is 0 Å². The summed E-state index contributed by atoms with van der Waals surface area (Å²) in [7, 11) is 3.90. The Labute approximate surface area is 143 Å². The highest BCUT2D eigenvalue weighted by Crippen LogP contribution is 2.11. The second kappa shape index (κ2) is 8.67. The molecule has 0 unspecified atom stereocenters. The van der Waals surface area contributed by atoms with Crippen LogP contribution in [0.3, 0.4) is 0 Å². The number of hydrogen-bond acceptors (Lipinski definition) is 3. The molecule has 1 aromatic carbocycles. The van der Waals surface area contributed by atoms with Crippen molar-refractivity contribution in [3.05, 3.63) is 51.5 Å². The monoisotopic (exact) mass is 330 g/mol. The molecule has 1 N–H and O–H groups in total. The van der Waals surface area contributed by atoms with Crippen LogP contribution in [0.15, 0.2) is 34.6 Å². The Bertz CT molecular complexity index is 648. The number of aliphatic imine (C=N–C) groups is 1. The van der Waals surface area contributed by atoms with Crippen molar-refractivity contribution in [2.24, 2.45) is 4.99 Å². The van der Waals surface area contributed by atoms with E-state index in [2.05, 4.69) is 70.7 Å². The van der Waals surface area contributed by atoms with Crippen molar-refractivity contribution < 1.29 is 0 Å². The molecule has 2 aromatic rings. The smallest absolute Gasteiger partial charge is 0.193 e. The minimum Gasteiger partial charge on any atom is -0.356 e.